The summed E-state index contributed by atoms with van der Waals surface area (Å²) in [5.74, 6) is 1.52. The lowest BCUT2D eigenvalue weighted by Crippen LogP contribution is -2.26. The Hall–Kier alpha value is -2.04. The van der Waals surface area contributed by atoms with Crippen LogP contribution in [-0.2, 0) is 0 Å². The Morgan fingerprint density at radius 1 is 1.38 bits per heavy atom. The highest BCUT2D eigenvalue weighted by Crippen LogP contribution is 2.17. The molecular weight excluding hydrogens is 202 g/mol. The molecule has 0 amide bonds. The number of benzene rings is 1. The van der Waals surface area contributed by atoms with Crippen molar-refractivity contribution in [3.63, 3.8) is 0 Å². The number of aliphatic imine (C=N–C) groups is 1. The zero-order valence-electron chi connectivity index (χ0n) is 9.04. The zero-order valence-corrected chi connectivity index (χ0v) is 9.04. The quantitative estimate of drug-likeness (QED) is 0.670. The predicted molar refractivity (Wildman–Crippen MR) is 64.8 cm³/mol. The van der Waals surface area contributed by atoms with Gasteiger partial charge in [-0.2, -0.15) is 0 Å². The second-order valence-corrected chi connectivity index (χ2v) is 3.84. The van der Waals surface area contributed by atoms with Crippen molar-refractivity contribution in [2.24, 2.45) is 4.99 Å². The highest BCUT2D eigenvalue weighted by molar-refractivity contribution is 5.94. The number of guanidine groups is 1. The third kappa shape index (κ3) is 1.50. The lowest BCUT2D eigenvalue weighted by Gasteiger charge is -2.01. The fourth-order valence-electron chi connectivity index (χ4n) is 1.83. The molecule has 1 aliphatic heterocycles. The number of aryl methyl sites for hydroxylation is 1. The maximum atomic E-state index is 4.49. The Balaban J connectivity index is 1.96. The third-order valence-electron chi connectivity index (χ3n) is 2.63. The summed E-state index contributed by atoms with van der Waals surface area (Å²) >= 11 is 0. The van der Waals surface area contributed by atoms with Crippen molar-refractivity contribution in [1.29, 1.82) is 0 Å². The number of rotatable bonds is 1. The first kappa shape index (κ1) is 9.21. The Kier molecular flexibility index (Phi) is 2.02. The second kappa shape index (κ2) is 3.52. The lowest BCUT2D eigenvalue weighted by atomic mass is 10.2. The van der Waals surface area contributed by atoms with Crippen LogP contribution in [0.5, 0.6) is 0 Å². The molecule has 0 unspecified atom stereocenters. The van der Waals surface area contributed by atoms with Gasteiger partial charge in [0.1, 0.15) is 0 Å². The summed E-state index contributed by atoms with van der Waals surface area (Å²) in [6.07, 6.45) is 0. The highest BCUT2D eigenvalue weighted by Gasteiger charge is 2.08. The first-order chi connectivity index (χ1) is 7.83. The molecule has 0 spiro atoms. The smallest absolute Gasteiger partial charge is 0.208 e. The van der Waals surface area contributed by atoms with Crippen LogP contribution in [-0.4, -0.2) is 29.0 Å². The summed E-state index contributed by atoms with van der Waals surface area (Å²) < 4.78 is 0. The molecule has 5 nitrogen and oxygen atoms in total. The Labute approximate surface area is 93.0 Å². The maximum absolute atomic E-state index is 4.49. The Morgan fingerprint density at radius 2 is 2.31 bits per heavy atom. The molecule has 0 atom stereocenters. The Morgan fingerprint density at radius 3 is 3.06 bits per heavy atom. The van der Waals surface area contributed by atoms with Gasteiger partial charge in [0, 0.05) is 6.54 Å². The van der Waals surface area contributed by atoms with Crippen molar-refractivity contribution >= 4 is 22.9 Å². The average Bonchev–Trinajstić information content (AvgIpc) is 2.88. The van der Waals surface area contributed by atoms with Gasteiger partial charge >= 0.3 is 0 Å². The summed E-state index contributed by atoms with van der Waals surface area (Å²) in [7, 11) is 0. The van der Waals surface area contributed by atoms with Gasteiger partial charge in [-0.1, -0.05) is 12.1 Å². The van der Waals surface area contributed by atoms with Crippen LogP contribution >= 0.6 is 0 Å². The molecule has 2 aromatic rings. The number of para-hydroxylation sites is 1. The van der Waals surface area contributed by atoms with Gasteiger partial charge in [-0.25, -0.2) is 4.98 Å². The van der Waals surface area contributed by atoms with E-state index in [9.17, 15) is 0 Å². The standard InChI is InChI=1S/C11H13N5/c1-7-3-2-4-8-9(7)15-11(14-8)16-10-12-5-6-13-10/h2-4H,5-6H2,1H3,(H3,12,13,14,15,16). The summed E-state index contributed by atoms with van der Waals surface area (Å²) in [6, 6.07) is 6.09. The van der Waals surface area contributed by atoms with Crippen molar-refractivity contribution in [2.45, 2.75) is 6.92 Å². The minimum atomic E-state index is 0.734. The van der Waals surface area contributed by atoms with E-state index in [-0.39, 0.29) is 0 Å². The number of nitrogens with one attached hydrogen (secondary N) is 3. The van der Waals surface area contributed by atoms with E-state index in [1.807, 2.05) is 12.1 Å². The minimum absolute atomic E-state index is 0.734. The van der Waals surface area contributed by atoms with Crippen molar-refractivity contribution in [3.8, 4) is 0 Å². The number of aromatic nitrogens is 2. The van der Waals surface area contributed by atoms with Gasteiger partial charge in [0.2, 0.25) is 5.95 Å². The molecule has 16 heavy (non-hydrogen) atoms. The number of imidazole rings is 1. The minimum Gasteiger partial charge on any atom is -0.354 e. The molecule has 1 aliphatic rings. The fraction of sp³-hybridized carbons (Fsp3) is 0.273. The molecule has 2 heterocycles. The molecular formula is C11H13N5. The molecule has 0 saturated heterocycles. The van der Waals surface area contributed by atoms with E-state index < -0.39 is 0 Å². The molecule has 0 bridgehead atoms. The summed E-state index contributed by atoms with van der Waals surface area (Å²) in [5, 5.41) is 6.27. The van der Waals surface area contributed by atoms with E-state index in [1.54, 1.807) is 0 Å². The number of fused-ring (bicyclic) bond motifs is 1. The van der Waals surface area contributed by atoms with E-state index in [0.717, 1.165) is 36.0 Å². The first-order valence-corrected chi connectivity index (χ1v) is 5.33. The van der Waals surface area contributed by atoms with E-state index in [1.165, 1.54) is 5.56 Å². The number of anilines is 1. The molecule has 1 aromatic heterocycles. The summed E-state index contributed by atoms with van der Waals surface area (Å²) in [4.78, 5) is 12.0. The number of hydrogen-bond acceptors (Lipinski definition) is 4. The van der Waals surface area contributed by atoms with Gasteiger partial charge in [0.25, 0.3) is 0 Å². The van der Waals surface area contributed by atoms with Crippen LogP contribution < -0.4 is 10.6 Å². The topological polar surface area (TPSA) is 65.1 Å². The van der Waals surface area contributed by atoms with Crippen LogP contribution in [0.15, 0.2) is 23.2 Å². The first-order valence-electron chi connectivity index (χ1n) is 5.33. The molecule has 0 aliphatic carbocycles. The van der Waals surface area contributed by atoms with Gasteiger partial charge in [-0.3, -0.25) is 10.3 Å². The molecule has 1 aromatic carbocycles. The van der Waals surface area contributed by atoms with Crippen LogP contribution in [0.2, 0.25) is 0 Å². The highest BCUT2D eigenvalue weighted by atomic mass is 15.3. The van der Waals surface area contributed by atoms with E-state index >= 15 is 0 Å². The van der Waals surface area contributed by atoms with Crippen LogP contribution in [0.1, 0.15) is 5.56 Å². The molecule has 0 radical (unpaired) electrons. The average molecular weight is 215 g/mol. The fourth-order valence-corrected chi connectivity index (χ4v) is 1.83. The SMILES string of the molecule is Cc1cccc2[nH]c(NC3=NCCN3)nc12. The predicted octanol–water partition coefficient (Wildman–Crippen LogP) is 1.24. The van der Waals surface area contributed by atoms with Crippen LogP contribution in [0.3, 0.4) is 0 Å². The van der Waals surface area contributed by atoms with E-state index in [0.29, 0.717) is 0 Å². The van der Waals surface area contributed by atoms with Crippen molar-refractivity contribution in [1.82, 2.24) is 15.3 Å². The maximum Gasteiger partial charge on any atom is 0.208 e. The summed E-state index contributed by atoms with van der Waals surface area (Å²) in [6.45, 7) is 3.77. The third-order valence-corrected chi connectivity index (χ3v) is 2.63. The normalized spacial score (nSPS) is 14.9. The van der Waals surface area contributed by atoms with Crippen molar-refractivity contribution < 1.29 is 0 Å². The molecule has 0 fully saturated rings. The monoisotopic (exact) mass is 215 g/mol. The molecule has 0 saturated carbocycles. The van der Waals surface area contributed by atoms with E-state index in [2.05, 4.69) is 38.6 Å². The van der Waals surface area contributed by atoms with E-state index in [4.69, 9.17) is 0 Å². The van der Waals surface area contributed by atoms with Gasteiger partial charge in [0.15, 0.2) is 5.96 Å². The van der Waals surface area contributed by atoms with Crippen LogP contribution in [0.25, 0.3) is 11.0 Å². The zero-order chi connectivity index (χ0) is 11.0. The molecule has 3 N–H and O–H groups in total. The number of hydrogen-bond donors (Lipinski definition) is 3. The van der Waals surface area contributed by atoms with Gasteiger partial charge in [-0.15, -0.1) is 0 Å². The Bertz CT molecular complexity index is 555. The largest absolute Gasteiger partial charge is 0.354 e. The molecule has 82 valence electrons. The summed E-state index contributed by atoms with van der Waals surface area (Å²) in [5.41, 5.74) is 3.22. The van der Waals surface area contributed by atoms with Gasteiger partial charge in [0.05, 0.1) is 17.6 Å². The van der Waals surface area contributed by atoms with Gasteiger partial charge in [-0.05, 0) is 18.6 Å². The van der Waals surface area contributed by atoms with Gasteiger partial charge < -0.3 is 10.3 Å². The van der Waals surface area contributed by atoms with Crippen molar-refractivity contribution in [3.05, 3.63) is 23.8 Å². The molecule has 5 heteroatoms. The second-order valence-electron chi connectivity index (χ2n) is 3.84. The number of aromatic amines is 1. The van der Waals surface area contributed by atoms with Crippen molar-refractivity contribution in [2.75, 3.05) is 18.4 Å². The number of nitrogens with zero attached hydrogens (tertiary/aromatic N) is 2. The lowest BCUT2D eigenvalue weighted by molar-refractivity contribution is 0.958. The number of H-pyrrole nitrogens is 1. The molecule has 3 rings (SSSR count). The van der Waals surface area contributed by atoms with Crippen LogP contribution in [0, 0.1) is 6.92 Å². The van der Waals surface area contributed by atoms with Crippen LogP contribution in [0.4, 0.5) is 5.95 Å².